The van der Waals surface area contributed by atoms with Crippen molar-refractivity contribution >= 4 is 17.5 Å². The summed E-state index contributed by atoms with van der Waals surface area (Å²) in [5.74, 6) is -0.587. The number of amides is 2. The van der Waals surface area contributed by atoms with E-state index in [1.807, 2.05) is 61.5 Å². The second-order valence-corrected chi connectivity index (χ2v) is 7.13. The highest BCUT2D eigenvalue weighted by Gasteiger charge is 2.24. The van der Waals surface area contributed by atoms with E-state index in [1.54, 1.807) is 0 Å². The molecule has 3 rings (SSSR count). The van der Waals surface area contributed by atoms with Crippen molar-refractivity contribution in [3.8, 4) is 0 Å². The van der Waals surface area contributed by atoms with Crippen LogP contribution >= 0.6 is 0 Å². The molecule has 0 saturated carbocycles. The highest BCUT2D eigenvalue weighted by Crippen LogP contribution is 2.20. The third-order valence-electron chi connectivity index (χ3n) is 5.02. The monoisotopic (exact) mass is 381 g/mol. The van der Waals surface area contributed by atoms with E-state index in [0.717, 1.165) is 24.0 Å². The van der Waals surface area contributed by atoms with Gasteiger partial charge in [-0.15, -0.1) is 0 Å². The molecule has 0 radical (unpaired) electrons. The van der Waals surface area contributed by atoms with Gasteiger partial charge in [-0.05, 0) is 36.1 Å². The molecular weight excluding hydrogens is 354 g/mol. The Kier molecular flexibility index (Phi) is 6.79. The Hall–Kier alpha value is -2.70. The van der Waals surface area contributed by atoms with E-state index in [1.165, 1.54) is 0 Å². The fourth-order valence-electron chi connectivity index (χ4n) is 3.24. The van der Waals surface area contributed by atoms with Crippen LogP contribution in [-0.2, 0) is 20.9 Å². The number of nitrogens with one attached hydrogen (secondary N) is 2. The molecule has 1 saturated heterocycles. The van der Waals surface area contributed by atoms with Crippen LogP contribution in [0.4, 0.5) is 5.69 Å². The molecule has 1 heterocycles. The minimum Gasteiger partial charge on any atom is -0.368 e. The first-order chi connectivity index (χ1) is 13.5. The number of nitrogens with two attached hydrogens (primary N) is 1. The topological polar surface area (TPSA) is 93.5 Å². The lowest BCUT2D eigenvalue weighted by molar-refractivity contribution is -0.125. The quantitative estimate of drug-likeness (QED) is 0.687. The van der Waals surface area contributed by atoms with E-state index in [-0.39, 0.29) is 29.9 Å². The molecule has 2 aromatic rings. The highest BCUT2D eigenvalue weighted by atomic mass is 16.5. The van der Waals surface area contributed by atoms with Crippen molar-refractivity contribution in [2.45, 2.75) is 38.5 Å². The van der Waals surface area contributed by atoms with Crippen molar-refractivity contribution in [2.24, 2.45) is 11.7 Å². The fraction of sp³-hybridized carbons (Fsp3) is 0.364. The van der Waals surface area contributed by atoms with E-state index in [9.17, 15) is 9.59 Å². The molecule has 1 aliphatic rings. The summed E-state index contributed by atoms with van der Waals surface area (Å²) in [6, 6.07) is 16.7. The van der Waals surface area contributed by atoms with Gasteiger partial charge in [-0.3, -0.25) is 9.59 Å². The zero-order chi connectivity index (χ0) is 19.9. The predicted octanol–water partition coefficient (Wildman–Crippen LogP) is 2.76. The first-order valence-corrected chi connectivity index (χ1v) is 9.64. The van der Waals surface area contributed by atoms with E-state index in [4.69, 9.17) is 10.5 Å². The molecule has 4 N–H and O–H groups in total. The summed E-state index contributed by atoms with van der Waals surface area (Å²) in [6.07, 6.45) is 1.29. The van der Waals surface area contributed by atoms with Gasteiger partial charge in [-0.2, -0.15) is 0 Å². The zero-order valence-corrected chi connectivity index (χ0v) is 16.1. The average molecular weight is 381 g/mol. The van der Waals surface area contributed by atoms with Crippen molar-refractivity contribution < 1.29 is 14.3 Å². The van der Waals surface area contributed by atoms with Gasteiger partial charge in [0, 0.05) is 24.9 Å². The van der Waals surface area contributed by atoms with E-state index in [2.05, 4.69) is 10.6 Å². The van der Waals surface area contributed by atoms with E-state index < -0.39 is 0 Å². The lowest BCUT2D eigenvalue weighted by Gasteiger charge is -2.20. The predicted molar refractivity (Wildman–Crippen MR) is 108 cm³/mol. The third-order valence-corrected chi connectivity index (χ3v) is 5.02. The maximum Gasteiger partial charge on any atom is 0.253 e. The van der Waals surface area contributed by atoms with Crippen LogP contribution in [0.5, 0.6) is 0 Å². The van der Waals surface area contributed by atoms with Crippen LogP contribution in [0.2, 0.25) is 0 Å². The second kappa shape index (κ2) is 9.48. The minimum absolute atomic E-state index is 0.106. The van der Waals surface area contributed by atoms with Crippen LogP contribution in [0.3, 0.4) is 0 Å². The number of rotatable bonds is 7. The van der Waals surface area contributed by atoms with E-state index >= 15 is 0 Å². The molecule has 0 aliphatic carbocycles. The van der Waals surface area contributed by atoms with Gasteiger partial charge in [0.2, 0.25) is 5.91 Å². The summed E-state index contributed by atoms with van der Waals surface area (Å²) in [4.78, 5) is 24.7. The van der Waals surface area contributed by atoms with Gasteiger partial charge in [-0.1, -0.05) is 49.4 Å². The molecule has 148 valence electrons. The van der Waals surface area contributed by atoms with Crippen LogP contribution in [0, 0.1) is 5.92 Å². The van der Waals surface area contributed by atoms with Crippen LogP contribution in [0.1, 0.15) is 36.9 Å². The molecule has 2 amide bonds. The molecular formula is C22H27N3O3. The summed E-state index contributed by atoms with van der Waals surface area (Å²) in [5, 5.41) is 5.81. The normalized spacial score (nSPS) is 18.3. The molecule has 6 heteroatoms. The Bertz CT molecular complexity index is 804. The van der Waals surface area contributed by atoms with Gasteiger partial charge in [0.25, 0.3) is 5.91 Å². The molecule has 0 bridgehead atoms. The van der Waals surface area contributed by atoms with Crippen molar-refractivity contribution in [1.82, 2.24) is 5.32 Å². The van der Waals surface area contributed by atoms with Crippen LogP contribution in [-0.4, -0.2) is 24.5 Å². The number of carbonyl (C=O) groups excluding carboxylic acids is 2. The van der Waals surface area contributed by atoms with Gasteiger partial charge in [0.1, 0.15) is 6.10 Å². The van der Waals surface area contributed by atoms with E-state index in [0.29, 0.717) is 18.8 Å². The number of carbonyl (C=O) groups is 2. The molecule has 1 fully saturated rings. The van der Waals surface area contributed by atoms with Crippen LogP contribution < -0.4 is 16.4 Å². The molecule has 6 nitrogen and oxygen atoms in total. The van der Waals surface area contributed by atoms with Gasteiger partial charge < -0.3 is 21.1 Å². The Morgan fingerprint density at radius 1 is 1.18 bits per heavy atom. The summed E-state index contributed by atoms with van der Waals surface area (Å²) in [6.45, 7) is 2.83. The average Bonchev–Trinajstić information content (AvgIpc) is 3.27. The summed E-state index contributed by atoms with van der Waals surface area (Å²) < 4.78 is 5.40. The van der Waals surface area contributed by atoms with Gasteiger partial charge in [-0.25, -0.2) is 0 Å². The molecule has 28 heavy (non-hydrogen) atoms. The summed E-state index contributed by atoms with van der Waals surface area (Å²) in [5.41, 5.74) is 8.76. The van der Waals surface area contributed by atoms with Crippen LogP contribution in [0.15, 0.2) is 54.6 Å². The number of benzene rings is 2. The Balaban J connectivity index is 1.53. The largest absolute Gasteiger partial charge is 0.368 e. The Morgan fingerprint density at radius 3 is 2.68 bits per heavy atom. The molecule has 2 aromatic carbocycles. The lowest BCUT2D eigenvalue weighted by atomic mass is 9.94. The van der Waals surface area contributed by atoms with Crippen molar-refractivity contribution in [3.63, 3.8) is 0 Å². The molecule has 0 aromatic heterocycles. The molecule has 3 unspecified atom stereocenters. The second-order valence-electron chi connectivity index (χ2n) is 7.13. The van der Waals surface area contributed by atoms with Gasteiger partial charge in [0.15, 0.2) is 0 Å². The summed E-state index contributed by atoms with van der Waals surface area (Å²) in [7, 11) is 0. The molecule has 3 atom stereocenters. The van der Waals surface area contributed by atoms with Gasteiger partial charge >= 0.3 is 0 Å². The molecule has 1 aliphatic heterocycles. The zero-order valence-electron chi connectivity index (χ0n) is 16.1. The number of ether oxygens (including phenoxy) is 1. The Labute approximate surface area is 165 Å². The lowest BCUT2D eigenvalue weighted by Crippen LogP contribution is -2.35. The minimum atomic E-state index is -0.372. The maximum absolute atomic E-state index is 12.5. The number of hydrogen-bond acceptors (Lipinski definition) is 4. The fourth-order valence-corrected chi connectivity index (χ4v) is 3.24. The maximum atomic E-state index is 12.5. The summed E-state index contributed by atoms with van der Waals surface area (Å²) >= 11 is 0. The SMILES string of the molecule is CC(C(=O)NCc1cccc(NC(=O)C2CCCO2)c1)C(N)c1ccccc1. The third kappa shape index (κ3) is 5.18. The van der Waals surface area contributed by atoms with Gasteiger partial charge in [0.05, 0.1) is 5.92 Å². The smallest absolute Gasteiger partial charge is 0.253 e. The first kappa shape index (κ1) is 20.0. The first-order valence-electron chi connectivity index (χ1n) is 9.64. The standard InChI is InChI=1S/C22H27N3O3/c1-15(20(23)17-8-3-2-4-9-17)21(26)24-14-16-7-5-10-18(13-16)25-22(27)19-11-6-12-28-19/h2-5,7-10,13,15,19-20H,6,11-12,14,23H2,1H3,(H,24,26)(H,25,27). The van der Waals surface area contributed by atoms with Crippen molar-refractivity contribution in [1.29, 1.82) is 0 Å². The molecule has 0 spiro atoms. The number of anilines is 1. The Morgan fingerprint density at radius 2 is 1.96 bits per heavy atom. The number of hydrogen-bond donors (Lipinski definition) is 3. The van der Waals surface area contributed by atoms with Crippen molar-refractivity contribution in [3.05, 3.63) is 65.7 Å². The highest BCUT2D eigenvalue weighted by molar-refractivity contribution is 5.94. The van der Waals surface area contributed by atoms with Crippen LogP contribution in [0.25, 0.3) is 0 Å². The van der Waals surface area contributed by atoms with Crippen molar-refractivity contribution in [2.75, 3.05) is 11.9 Å².